The number of nitrogens with zero attached hydrogens (tertiary/aromatic N) is 6. The fourth-order valence-electron chi connectivity index (χ4n) is 3.21. The lowest BCUT2D eigenvalue weighted by Crippen LogP contribution is -2.33. The lowest BCUT2D eigenvalue weighted by molar-refractivity contribution is 0.199. The molecular weight excluding hydrogens is 308 g/mol. The highest BCUT2D eigenvalue weighted by molar-refractivity contribution is 5.38. The Hall–Kier alpha value is -2.48. The minimum Gasteiger partial charge on any atom is -0.480 e. The second-order valence-corrected chi connectivity index (χ2v) is 6.16. The van der Waals surface area contributed by atoms with Crippen LogP contribution in [0, 0.1) is 6.92 Å². The number of hydrogen-bond donors (Lipinski definition) is 0. The maximum Gasteiger partial charge on any atom is 0.231 e. The van der Waals surface area contributed by atoms with Crippen LogP contribution in [-0.2, 0) is 6.54 Å². The van der Waals surface area contributed by atoms with Crippen LogP contribution >= 0.6 is 0 Å². The summed E-state index contributed by atoms with van der Waals surface area (Å²) in [6, 6.07) is 3.68. The van der Waals surface area contributed by atoms with E-state index in [-0.39, 0.29) is 0 Å². The summed E-state index contributed by atoms with van der Waals surface area (Å²) in [5.41, 5.74) is 1.92. The Balaban J connectivity index is 1.47. The number of piperidine rings is 1. The van der Waals surface area contributed by atoms with Crippen LogP contribution in [0.15, 0.2) is 22.9 Å². The van der Waals surface area contributed by atoms with Gasteiger partial charge in [0.2, 0.25) is 5.88 Å². The Kier molecular flexibility index (Phi) is 3.89. The molecule has 0 aromatic carbocycles. The minimum atomic E-state index is 0.361. The number of hydrogen-bond acceptors (Lipinski definition) is 7. The van der Waals surface area contributed by atoms with Gasteiger partial charge in [-0.05, 0) is 38.9 Å². The topological polar surface area (TPSA) is 81.6 Å². The van der Waals surface area contributed by atoms with Gasteiger partial charge in [0.25, 0.3) is 0 Å². The van der Waals surface area contributed by atoms with E-state index in [4.69, 9.17) is 9.26 Å². The van der Waals surface area contributed by atoms with Gasteiger partial charge in [-0.25, -0.2) is 0 Å². The fraction of sp³-hybridized carbons (Fsp3) is 0.500. The lowest BCUT2D eigenvalue weighted by atomic mass is 9.96. The molecule has 0 spiro atoms. The smallest absolute Gasteiger partial charge is 0.231 e. The number of fused-ring (bicyclic) bond motifs is 1. The zero-order valence-electron chi connectivity index (χ0n) is 13.8. The highest BCUT2D eigenvalue weighted by atomic mass is 16.5. The summed E-state index contributed by atoms with van der Waals surface area (Å²) in [7, 11) is 1.61. The quantitative estimate of drug-likeness (QED) is 0.722. The van der Waals surface area contributed by atoms with Crippen LogP contribution < -0.4 is 4.74 Å². The molecule has 1 saturated heterocycles. The molecule has 3 aromatic rings. The van der Waals surface area contributed by atoms with Crippen LogP contribution in [0.3, 0.4) is 0 Å². The second-order valence-electron chi connectivity index (χ2n) is 6.16. The first kappa shape index (κ1) is 15.1. The second kappa shape index (κ2) is 6.20. The van der Waals surface area contributed by atoms with Crippen molar-refractivity contribution in [1.29, 1.82) is 0 Å². The molecule has 0 amide bonds. The molecule has 8 heteroatoms. The van der Waals surface area contributed by atoms with E-state index in [0.29, 0.717) is 11.8 Å². The van der Waals surface area contributed by atoms with Gasteiger partial charge >= 0.3 is 0 Å². The van der Waals surface area contributed by atoms with E-state index >= 15 is 0 Å². The first-order valence-electron chi connectivity index (χ1n) is 8.13. The number of aromatic nitrogens is 5. The molecule has 0 atom stereocenters. The number of aryl methyl sites for hydroxylation is 1. The molecule has 126 valence electrons. The molecule has 0 radical (unpaired) electrons. The zero-order valence-corrected chi connectivity index (χ0v) is 13.8. The summed E-state index contributed by atoms with van der Waals surface area (Å²) in [5, 5.41) is 16.9. The van der Waals surface area contributed by atoms with Crippen LogP contribution in [0.2, 0.25) is 0 Å². The highest BCUT2D eigenvalue weighted by Crippen LogP contribution is 2.28. The van der Waals surface area contributed by atoms with Gasteiger partial charge in [-0.3, -0.25) is 4.90 Å². The van der Waals surface area contributed by atoms with E-state index in [1.165, 1.54) is 0 Å². The van der Waals surface area contributed by atoms with Gasteiger partial charge in [-0.1, -0.05) is 5.16 Å². The molecule has 4 rings (SSSR count). The highest BCUT2D eigenvalue weighted by Gasteiger charge is 2.25. The van der Waals surface area contributed by atoms with Crippen molar-refractivity contribution in [2.75, 3.05) is 20.2 Å². The summed E-state index contributed by atoms with van der Waals surface area (Å²) in [6.07, 6.45) is 3.87. The molecule has 8 nitrogen and oxygen atoms in total. The van der Waals surface area contributed by atoms with Crippen molar-refractivity contribution in [2.45, 2.75) is 32.2 Å². The van der Waals surface area contributed by atoms with Crippen molar-refractivity contribution in [2.24, 2.45) is 0 Å². The fourth-order valence-corrected chi connectivity index (χ4v) is 3.21. The van der Waals surface area contributed by atoms with Crippen molar-refractivity contribution >= 4 is 5.65 Å². The van der Waals surface area contributed by atoms with Crippen LogP contribution in [0.5, 0.6) is 5.88 Å². The van der Waals surface area contributed by atoms with Gasteiger partial charge in [0.05, 0.1) is 13.3 Å². The van der Waals surface area contributed by atoms with Gasteiger partial charge in [-0.15, -0.1) is 15.3 Å². The molecule has 0 saturated carbocycles. The molecule has 0 unspecified atom stereocenters. The molecular formula is C16H20N6O2. The van der Waals surface area contributed by atoms with Gasteiger partial charge < -0.3 is 9.26 Å². The summed E-state index contributed by atoms with van der Waals surface area (Å²) in [5.74, 6) is 2.75. The Bertz CT molecular complexity index is 834. The standard InChI is InChI=1S/C16H20N6O2/c1-11-13(9-17-24-11)10-21-7-5-12(6-8-21)16-19-18-14-3-4-15(23-2)20-22(14)16/h3-4,9,12H,5-8,10H2,1-2H3. The van der Waals surface area contributed by atoms with E-state index in [1.54, 1.807) is 13.2 Å². The molecule has 1 aliphatic rings. The van der Waals surface area contributed by atoms with Crippen LogP contribution in [0.25, 0.3) is 5.65 Å². The monoisotopic (exact) mass is 328 g/mol. The molecule has 0 bridgehead atoms. The van der Waals surface area contributed by atoms with Gasteiger partial charge in [0, 0.05) is 24.1 Å². The Morgan fingerprint density at radius 1 is 1.25 bits per heavy atom. The first-order valence-corrected chi connectivity index (χ1v) is 8.13. The Labute approximate surface area is 139 Å². The van der Waals surface area contributed by atoms with E-state index in [2.05, 4.69) is 25.4 Å². The predicted octanol–water partition coefficient (Wildman–Crippen LogP) is 1.81. The third-order valence-electron chi connectivity index (χ3n) is 4.67. The van der Waals surface area contributed by atoms with Crippen LogP contribution in [0.4, 0.5) is 0 Å². The molecule has 4 heterocycles. The third-order valence-corrected chi connectivity index (χ3v) is 4.67. The zero-order chi connectivity index (χ0) is 16.5. The van der Waals surface area contributed by atoms with Crippen LogP contribution in [-0.4, -0.2) is 50.1 Å². The van der Waals surface area contributed by atoms with E-state index < -0.39 is 0 Å². The first-order chi connectivity index (χ1) is 11.7. The average Bonchev–Trinajstić information content (AvgIpc) is 3.21. The van der Waals surface area contributed by atoms with Gasteiger partial charge in [0.15, 0.2) is 11.5 Å². The molecule has 1 fully saturated rings. The lowest BCUT2D eigenvalue weighted by Gasteiger charge is -2.30. The Morgan fingerprint density at radius 2 is 2.08 bits per heavy atom. The molecule has 1 aliphatic heterocycles. The largest absolute Gasteiger partial charge is 0.480 e. The van der Waals surface area contributed by atoms with E-state index in [1.807, 2.05) is 23.7 Å². The van der Waals surface area contributed by atoms with Crippen molar-refractivity contribution in [3.8, 4) is 5.88 Å². The minimum absolute atomic E-state index is 0.361. The molecule has 0 N–H and O–H groups in total. The van der Waals surface area contributed by atoms with Crippen molar-refractivity contribution in [3.63, 3.8) is 0 Å². The SMILES string of the molecule is COc1ccc2nnc(C3CCN(Cc4cnoc4C)CC3)n2n1. The number of methoxy groups -OCH3 is 1. The number of ether oxygens (including phenoxy) is 1. The van der Waals surface area contributed by atoms with Gasteiger partial charge in [0.1, 0.15) is 5.76 Å². The Morgan fingerprint density at radius 3 is 2.79 bits per heavy atom. The average molecular weight is 328 g/mol. The van der Waals surface area contributed by atoms with Crippen molar-refractivity contribution in [1.82, 2.24) is 29.9 Å². The summed E-state index contributed by atoms with van der Waals surface area (Å²) in [6.45, 7) is 4.85. The third kappa shape index (κ3) is 2.73. The van der Waals surface area contributed by atoms with Crippen LogP contribution in [0.1, 0.15) is 35.9 Å². The maximum atomic E-state index is 5.21. The molecule has 24 heavy (non-hydrogen) atoms. The number of rotatable bonds is 4. The summed E-state index contributed by atoms with van der Waals surface area (Å²) < 4.78 is 12.2. The number of likely N-dealkylation sites (tertiary alicyclic amines) is 1. The predicted molar refractivity (Wildman–Crippen MR) is 85.8 cm³/mol. The van der Waals surface area contributed by atoms with Gasteiger partial charge in [-0.2, -0.15) is 4.52 Å². The van der Waals surface area contributed by atoms with Crippen molar-refractivity contribution in [3.05, 3.63) is 35.5 Å². The molecule has 0 aliphatic carbocycles. The van der Waals surface area contributed by atoms with E-state index in [0.717, 1.165) is 55.3 Å². The molecule has 3 aromatic heterocycles. The summed E-state index contributed by atoms with van der Waals surface area (Å²) in [4.78, 5) is 2.42. The normalized spacial score (nSPS) is 16.8. The van der Waals surface area contributed by atoms with E-state index in [9.17, 15) is 0 Å². The maximum absolute atomic E-state index is 5.21. The van der Waals surface area contributed by atoms with Crippen molar-refractivity contribution < 1.29 is 9.26 Å². The summed E-state index contributed by atoms with van der Waals surface area (Å²) >= 11 is 0.